The molecule has 0 aliphatic carbocycles. The van der Waals surface area contributed by atoms with Crippen LogP contribution in [0.15, 0.2) is 18.5 Å². The van der Waals surface area contributed by atoms with Gasteiger partial charge in [-0.05, 0) is 39.1 Å². The van der Waals surface area contributed by atoms with Gasteiger partial charge in [-0.2, -0.15) is 0 Å². The number of rotatable bonds is 1. The molecule has 1 heterocycles. The molecule has 0 spiro atoms. The van der Waals surface area contributed by atoms with Gasteiger partial charge in [0.05, 0.1) is 17.6 Å². The van der Waals surface area contributed by atoms with Crippen LogP contribution in [-0.2, 0) is 0 Å². The second-order valence-corrected chi connectivity index (χ2v) is 4.70. The van der Waals surface area contributed by atoms with E-state index in [-0.39, 0.29) is 30.4 Å². The molecule has 7 heteroatoms. The lowest BCUT2D eigenvalue weighted by Gasteiger charge is -2.23. The maximum atomic E-state index is 5.74. The maximum absolute atomic E-state index is 5.74. The van der Waals surface area contributed by atoms with Crippen LogP contribution >= 0.6 is 37.0 Å². The molecule has 0 radical (unpaired) electrons. The number of nitrogens with one attached hydrogen (secondary N) is 2. The van der Waals surface area contributed by atoms with E-state index in [1.807, 2.05) is 20.8 Å². The van der Waals surface area contributed by atoms with Gasteiger partial charge in [0.1, 0.15) is 0 Å². The zero-order valence-corrected chi connectivity index (χ0v) is 12.4. The van der Waals surface area contributed by atoms with Crippen LogP contribution in [0.25, 0.3) is 0 Å². The highest BCUT2D eigenvalue weighted by molar-refractivity contribution is 7.80. The monoisotopic (exact) mass is 296 g/mol. The zero-order valence-electron chi connectivity index (χ0n) is 9.98. The predicted octanol–water partition coefficient (Wildman–Crippen LogP) is 2.59. The van der Waals surface area contributed by atoms with E-state index in [1.165, 1.54) is 0 Å². The molecule has 1 aromatic heterocycles. The molecule has 98 valence electrons. The van der Waals surface area contributed by atoms with E-state index in [9.17, 15) is 0 Å². The van der Waals surface area contributed by atoms with Gasteiger partial charge in [0, 0.05) is 11.7 Å². The van der Waals surface area contributed by atoms with E-state index in [2.05, 4.69) is 15.6 Å². The largest absolute Gasteiger partial charge is 0.397 e. The molecule has 1 aromatic rings. The fraction of sp³-hybridized carbons (Fsp3) is 0.400. The number of nitrogens with two attached hydrogens (primary N) is 1. The molecule has 4 nitrogen and oxygen atoms in total. The van der Waals surface area contributed by atoms with Gasteiger partial charge < -0.3 is 16.4 Å². The maximum Gasteiger partial charge on any atom is 0.171 e. The van der Waals surface area contributed by atoms with E-state index >= 15 is 0 Å². The van der Waals surface area contributed by atoms with Crippen LogP contribution in [0.3, 0.4) is 0 Å². The quantitative estimate of drug-likeness (QED) is 0.695. The first kappa shape index (κ1) is 18.6. The second-order valence-electron chi connectivity index (χ2n) is 4.29. The molecule has 0 unspecified atom stereocenters. The Hall–Kier alpha value is -0.780. The van der Waals surface area contributed by atoms with E-state index in [4.69, 9.17) is 18.0 Å². The molecule has 0 amide bonds. The Balaban J connectivity index is 0. The third-order valence-electron chi connectivity index (χ3n) is 1.59. The molecule has 17 heavy (non-hydrogen) atoms. The summed E-state index contributed by atoms with van der Waals surface area (Å²) in [5.41, 5.74) is 7.02. The van der Waals surface area contributed by atoms with Crippen molar-refractivity contribution in [2.75, 3.05) is 11.1 Å². The fourth-order valence-electron chi connectivity index (χ4n) is 1.00. The predicted molar refractivity (Wildman–Crippen MR) is 82.3 cm³/mol. The van der Waals surface area contributed by atoms with E-state index in [0.717, 1.165) is 5.69 Å². The average Bonchev–Trinajstić information content (AvgIpc) is 2.05. The minimum Gasteiger partial charge on any atom is -0.397 e. The highest BCUT2D eigenvalue weighted by Gasteiger charge is 2.11. The SMILES string of the molecule is CC(C)(C)NC(=S)Nc1cnccc1N.Cl.Cl. The Kier molecular flexibility index (Phi) is 8.23. The van der Waals surface area contributed by atoms with Gasteiger partial charge in [0.25, 0.3) is 0 Å². The van der Waals surface area contributed by atoms with Crippen molar-refractivity contribution in [3.05, 3.63) is 18.5 Å². The summed E-state index contributed by atoms with van der Waals surface area (Å²) in [5.74, 6) is 0. The van der Waals surface area contributed by atoms with Crippen molar-refractivity contribution >= 4 is 53.5 Å². The number of hydrogen-bond donors (Lipinski definition) is 3. The number of nitrogens with zero attached hydrogens (tertiary/aromatic N) is 1. The normalized spacial score (nSPS) is 9.59. The van der Waals surface area contributed by atoms with Gasteiger partial charge in [-0.15, -0.1) is 24.8 Å². The van der Waals surface area contributed by atoms with Crippen molar-refractivity contribution in [3.63, 3.8) is 0 Å². The molecule has 1 rings (SSSR count). The lowest BCUT2D eigenvalue weighted by atomic mass is 10.1. The van der Waals surface area contributed by atoms with Crippen LogP contribution in [0.1, 0.15) is 20.8 Å². The summed E-state index contributed by atoms with van der Waals surface area (Å²) in [4.78, 5) is 3.97. The molecular weight excluding hydrogens is 279 g/mol. The summed E-state index contributed by atoms with van der Waals surface area (Å²) < 4.78 is 0. The Bertz CT molecular complexity index is 366. The number of pyridine rings is 1. The number of thiocarbonyl (C=S) groups is 1. The minimum atomic E-state index is -0.0684. The van der Waals surface area contributed by atoms with Crippen LogP contribution < -0.4 is 16.4 Å². The van der Waals surface area contributed by atoms with Gasteiger partial charge in [0.15, 0.2) is 5.11 Å². The summed E-state index contributed by atoms with van der Waals surface area (Å²) in [5, 5.41) is 6.68. The van der Waals surface area contributed by atoms with Crippen LogP contribution in [0.5, 0.6) is 0 Å². The van der Waals surface area contributed by atoms with Crippen molar-refractivity contribution in [1.82, 2.24) is 10.3 Å². The Morgan fingerprint density at radius 1 is 1.35 bits per heavy atom. The minimum absolute atomic E-state index is 0. The summed E-state index contributed by atoms with van der Waals surface area (Å²) in [7, 11) is 0. The Morgan fingerprint density at radius 2 is 1.94 bits per heavy atom. The lowest BCUT2D eigenvalue weighted by Crippen LogP contribution is -2.43. The molecule has 0 fully saturated rings. The van der Waals surface area contributed by atoms with Crippen LogP contribution in [0.2, 0.25) is 0 Å². The number of nitrogen functional groups attached to an aromatic ring is 1. The van der Waals surface area contributed by atoms with Crippen molar-refractivity contribution in [3.8, 4) is 0 Å². The van der Waals surface area contributed by atoms with Crippen LogP contribution in [0, 0.1) is 0 Å². The number of halogens is 2. The molecule has 0 saturated heterocycles. The smallest absolute Gasteiger partial charge is 0.171 e. The summed E-state index contributed by atoms with van der Waals surface area (Å²) in [6.07, 6.45) is 3.28. The third-order valence-corrected chi connectivity index (χ3v) is 1.80. The average molecular weight is 297 g/mol. The van der Waals surface area contributed by atoms with Crippen LogP contribution in [-0.4, -0.2) is 15.6 Å². The van der Waals surface area contributed by atoms with Gasteiger partial charge in [-0.25, -0.2) is 0 Å². The van der Waals surface area contributed by atoms with Crippen molar-refractivity contribution in [2.45, 2.75) is 26.3 Å². The highest BCUT2D eigenvalue weighted by Crippen LogP contribution is 2.15. The first-order chi connectivity index (χ1) is 6.88. The molecule has 4 N–H and O–H groups in total. The Labute approximate surface area is 120 Å². The van der Waals surface area contributed by atoms with E-state index < -0.39 is 0 Å². The van der Waals surface area contributed by atoms with E-state index in [0.29, 0.717) is 10.8 Å². The van der Waals surface area contributed by atoms with Crippen molar-refractivity contribution < 1.29 is 0 Å². The number of hydrogen-bond acceptors (Lipinski definition) is 3. The third kappa shape index (κ3) is 7.20. The zero-order chi connectivity index (χ0) is 11.5. The molecule has 0 aliphatic rings. The van der Waals surface area contributed by atoms with Gasteiger partial charge >= 0.3 is 0 Å². The molecule has 0 saturated carbocycles. The lowest BCUT2D eigenvalue weighted by molar-refractivity contribution is 0.515. The standard InChI is InChI=1S/C10H16N4S.2ClH/c1-10(2,3)14-9(15)13-8-6-12-5-4-7(8)11;;/h4-6H,1-3H3,(H2,11,12)(H2,13,14,15);2*1H. The van der Waals surface area contributed by atoms with Crippen molar-refractivity contribution in [2.24, 2.45) is 0 Å². The fourth-order valence-corrected chi connectivity index (χ4v) is 1.42. The summed E-state index contributed by atoms with van der Waals surface area (Å²) in [6, 6.07) is 1.72. The second kappa shape index (κ2) is 7.53. The van der Waals surface area contributed by atoms with E-state index in [1.54, 1.807) is 18.5 Å². The first-order valence-corrected chi connectivity index (χ1v) is 5.08. The molecule has 0 aliphatic heterocycles. The van der Waals surface area contributed by atoms with Gasteiger partial charge in [0.2, 0.25) is 0 Å². The molecule has 0 aromatic carbocycles. The topological polar surface area (TPSA) is 63.0 Å². The molecule has 0 atom stereocenters. The molecular formula is C10H18Cl2N4S. The highest BCUT2D eigenvalue weighted by atomic mass is 35.5. The number of anilines is 2. The summed E-state index contributed by atoms with van der Waals surface area (Å²) >= 11 is 5.14. The Morgan fingerprint density at radius 3 is 2.41 bits per heavy atom. The van der Waals surface area contributed by atoms with Crippen LogP contribution in [0.4, 0.5) is 11.4 Å². The first-order valence-electron chi connectivity index (χ1n) is 4.67. The molecule has 0 bridgehead atoms. The van der Waals surface area contributed by atoms with Gasteiger partial charge in [-0.1, -0.05) is 0 Å². The van der Waals surface area contributed by atoms with Gasteiger partial charge in [-0.3, -0.25) is 4.98 Å². The van der Waals surface area contributed by atoms with Crippen molar-refractivity contribution in [1.29, 1.82) is 0 Å². The number of aromatic nitrogens is 1. The summed E-state index contributed by atoms with van der Waals surface area (Å²) in [6.45, 7) is 6.11.